The van der Waals surface area contributed by atoms with Gasteiger partial charge in [0.15, 0.2) is 0 Å². The lowest BCUT2D eigenvalue weighted by atomic mass is 9.99. The Morgan fingerprint density at radius 1 is 1.24 bits per heavy atom. The highest BCUT2D eigenvalue weighted by atomic mass is 16.1. The molecule has 0 saturated heterocycles. The zero-order chi connectivity index (χ0) is 13.0. The van der Waals surface area contributed by atoms with E-state index < -0.39 is 0 Å². The first-order valence-corrected chi connectivity index (χ1v) is 6.33. The van der Waals surface area contributed by atoms with Crippen molar-refractivity contribution in [3.63, 3.8) is 0 Å². The van der Waals surface area contributed by atoms with E-state index in [0.717, 1.165) is 6.42 Å². The Kier molecular flexibility index (Phi) is 4.73. The van der Waals surface area contributed by atoms with Crippen molar-refractivity contribution in [3.8, 4) is 0 Å². The van der Waals surface area contributed by atoms with Gasteiger partial charge in [0.1, 0.15) is 0 Å². The van der Waals surface area contributed by atoms with Gasteiger partial charge in [-0.3, -0.25) is 4.79 Å². The van der Waals surface area contributed by atoms with Crippen LogP contribution in [0.2, 0.25) is 0 Å². The molecule has 2 nitrogen and oxygen atoms in total. The summed E-state index contributed by atoms with van der Waals surface area (Å²) in [5, 5.41) is 3.09. The Bertz CT molecular complexity index is 396. The molecule has 0 spiro atoms. The smallest absolute Gasteiger partial charge is 0.223 e. The van der Waals surface area contributed by atoms with Crippen LogP contribution in [0.15, 0.2) is 18.2 Å². The van der Waals surface area contributed by atoms with Crippen molar-refractivity contribution < 1.29 is 4.79 Å². The van der Waals surface area contributed by atoms with E-state index in [2.05, 4.69) is 44.3 Å². The fourth-order valence-corrected chi connectivity index (χ4v) is 1.74. The van der Waals surface area contributed by atoms with Crippen LogP contribution in [-0.4, -0.2) is 5.91 Å². The first kappa shape index (κ1) is 13.8. The molecule has 0 radical (unpaired) electrons. The summed E-state index contributed by atoms with van der Waals surface area (Å²) in [7, 11) is 0. The van der Waals surface area contributed by atoms with Crippen molar-refractivity contribution in [3.05, 3.63) is 34.9 Å². The summed E-state index contributed by atoms with van der Waals surface area (Å²) in [6.45, 7) is 10.1. The molecule has 1 atom stereocenters. The van der Waals surface area contributed by atoms with E-state index in [0.29, 0.717) is 0 Å². The van der Waals surface area contributed by atoms with Gasteiger partial charge in [0, 0.05) is 5.92 Å². The molecule has 0 aliphatic carbocycles. The molecule has 0 heterocycles. The molecule has 0 aliphatic rings. The number of nitrogens with one attached hydrogen (secondary N) is 1. The number of rotatable bonds is 4. The number of aryl methyl sites for hydroxylation is 2. The van der Waals surface area contributed by atoms with Gasteiger partial charge in [-0.25, -0.2) is 0 Å². The van der Waals surface area contributed by atoms with Crippen LogP contribution in [0, 0.1) is 19.8 Å². The average molecular weight is 233 g/mol. The highest BCUT2D eigenvalue weighted by Crippen LogP contribution is 2.20. The van der Waals surface area contributed by atoms with Gasteiger partial charge in [0.2, 0.25) is 5.91 Å². The Balaban J connectivity index is 2.86. The minimum absolute atomic E-state index is 0.0376. The molecule has 0 aromatic heterocycles. The van der Waals surface area contributed by atoms with Crippen molar-refractivity contribution in [1.29, 1.82) is 0 Å². The summed E-state index contributed by atoms with van der Waals surface area (Å²) in [4.78, 5) is 11.7. The van der Waals surface area contributed by atoms with Gasteiger partial charge >= 0.3 is 0 Å². The lowest BCUT2D eigenvalue weighted by Gasteiger charge is -2.19. The highest BCUT2D eigenvalue weighted by Gasteiger charge is 2.15. The maximum Gasteiger partial charge on any atom is 0.223 e. The quantitative estimate of drug-likeness (QED) is 0.847. The molecule has 0 bridgehead atoms. The largest absolute Gasteiger partial charge is 0.349 e. The Morgan fingerprint density at radius 3 is 2.35 bits per heavy atom. The standard InChI is InChI=1S/C15H23NO/c1-6-14(16-15(17)10(2)3)13-8-7-11(4)12(5)9-13/h7-10,14H,6H2,1-5H3,(H,16,17). The van der Waals surface area contributed by atoms with Gasteiger partial charge in [-0.2, -0.15) is 0 Å². The number of amides is 1. The van der Waals surface area contributed by atoms with E-state index in [1.54, 1.807) is 0 Å². The second kappa shape index (κ2) is 5.85. The van der Waals surface area contributed by atoms with Gasteiger partial charge in [-0.05, 0) is 37.0 Å². The molecule has 1 N–H and O–H groups in total. The third kappa shape index (κ3) is 3.58. The van der Waals surface area contributed by atoms with E-state index in [9.17, 15) is 4.79 Å². The van der Waals surface area contributed by atoms with E-state index in [4.69, 9.17) is 0 Å². The number of hydrogen-bond donors (Lipinski definition) is 1. The molecule has 1 aromatic rings. The number of carbonyl (C=O) groups is 1. The second-order valence-corrected chi connectivity index (χ2v) is 4.97. The topological polar surface area (TPSA) is 29.1 Å². The summed E-state index contributed by atoms with van der Waals surface area (Å²) in [5.41, 5.74) is 3.77. The molecular weight excluding hydrogens is 210 g/mol. The minimum atomic E-state index is 0.0376. The zero-order valence-electron chi connectivity index (χ0n) is 11.5. The lowest BCUT2D eigenvalue weighted by Crippen LogP contribution is -2.31. The molecule has 1 aromatic carbocycles. The fraction of sp³-hybridized carbons (Fsp3) is 0.533. The van der Waals surface area contributed by atoms with Crippen LogP contribution in [0.4, 0.5) is 0 Å². The summed E-state index contributed by atoms with van der Waals surface area (Å²) in [6.07, 6.45) is 0.918. The first-order chi connectivity index (χ1) is 7.95. The van der Waals surface area contributed by atoms with Crippen LogP contribution in [0.1, 0.15) is 49.9 Å². The molecule has 94 valence electrons. The Morgan fingerprint density at radius 2 is 1.88 bits per heavy atom. The van der Waals surface area contributed by atoms with Crippen LogP contribution in [0.25, 0.3) is 0 Å². The van der Waals surface area contributed by atoms with Gasteiger partial charge < -0.3 is 5.32 Å². The summed E-state index contributed by atoms with van der Waals surface area (Å²) in [5.74, 6) is 0.158. The predicted octanol–water partition coefficient (Wildman–Crippen LogP) is 3.53. The van der Waals surface area contributed by atoms with Crippen LogP contribution in [0.5, 0.6) is 0 Å². The normalized spacial score (nSPS) is 12.6. The number of carbonyl (C=O) groups excluding carboxylic acids is 1. The average Bonchev–Trinajstić information content (AvgIpc) is 2.29. The maximum absolute atomic E-state index is 11.7. The van der Waals surface area contributed by atoms with Crippen molar-refractivity contribution in [2.45, 2.75) is 47.1 Å². The second-order valence-electron chi connectivity index (χ2n) is 4.97. The number of hydrogen-bond acceptors (Lipinski definition) is 1. The van der Waals surface area contributed by atoms with E-state index in [1.807, 2.05) is 13.8 Å². The molecule has 1 unspecified atom stereocenters. The molecule has 1 rings (SSSR count). The lowest BCUT2D eigenvalue weighted by molar-refractivity contribution is -0.124. The van der Waals surface area contributed by atoms with Crippen molar-refractivity contribution >= 4 is 5.91 Å². The summed E-state index contributed by atoms with van der Waals surface area (Å²) in [6, 6.07) is 6.53. The van der Waals surface area contributed by atoms with Gasteiger partial charge in [0.25, 0.3) is 0 Å². The van der Waals surface area contributed by atoms with Crippen LogP contribution >= 0.6 is 0 Å². The molecule has 0 saturated carbocycles. The van der Waals surface area contributed by atoms with E-state index in [1.165, 1.54) is 16.7 Å². The van der Waals surface area contributed by atoms with Gasteiger partial charge in [-0.1, -0.05) is 39.0 Å². The molecule has 1 amide bonds. The van der Waals surface area contributed by atoms with E-state index >= 15 is 0 Å². The minimum Gasteiger partial charge on any atom is -0.349 e. The van der Waals surface area contributed by atoms with Crippen LogP contribution in [-0.2, 0) is 4.79 Å². The molecule has 0 fully saturated rings. The van der Waals surface area contributed by atoms with E-state index in [-0.39, 0.29) is 17.9 Å². The SMILES string of the molecule is CCC(NC(=O)C(C)C)c1ccc(C)c(C)c1. The molecule has 0 aliphatic heterocycles. The summed E-state index contributed by atoms with van der Waals surface area (Å²) < 4.78 is 0. The zero-order valence-corrected chi connectivity index (χ0v) is 11.5. The Hall–Kier alpha value is -1.31. The van der Waals surface area contributed by atoms with Gasteiger partial charge in [-0.15, -0.1) is 0 Å². The predicted molar refractivity (Wildman–Crippen MR) is 71.9 cm³/mol. The molecule has 17 heavy (non-hydrogen) atoms. The Labute approximate surface area is 104 Å². The highest BCUT2D eigenvalue weighted by molar-refractivity contribution is 5.78. The number of benzene rings is 1. The van der Waals surface area contributed by atoms with Crippen LogP contribution in [0.3, 0.4) is 0 Å². The van der Waals surface area contributed by atoms with Crippen molar-refractivity contribution in [1.82, 2.24) is 5.32 Å². The van der Waals surface area contributed by atoms with Crippen molar-refractivity contribution in [2.75, 3.05) is 0 Å². The first-order valence-electron chi connectivity index (χ1n) is 6.33. The van der Waals surface area contributed by atoms with Crippen molar-refractivity contribution in [2.24, 2.45) is 5.92 Å². The fourth-order valence-electron chi connectivity index (χ4n) is 1.74. The monoisotopic (exact) mass is 233 g/mol. The third-order valence-electron chi connectivity index (χ3n) is 3.18. The molecular formula is C15H23NO. The third-order valence-corrected chi connectivity index (χ3v) is 3.18. The maximum atomic E-state index is 11.7. The van der Waals surface area contributed by atoms with Gasteiger partial charge in [0.05, 0.1) is 6.04 Å². The molecule has 2 heteroatoms. The van der Waals surface area contributed by atoms with Crippen LogP contribution < -0.4 is 5.32 Å². The summed E-state index contributed by atoms with van der Waals surface area (Å²) >= 11 is 0.